The molecule has 1 aromatic carbocycles. The molecule has 3 rings (SSSR count). The molecular formula is C18H14BrIN2O5S. The minimum Gasteiger partial charge on any atom is -0.494 e. The number of imide groups is 1. The van der Waals surface area contributed by atoms with Crippen molar-refractivity contribution in [1.82, 2.24) is 4.90 Å². The number of furan rings is 1. The van der Waals surface area contributed by atoms with Gasteiger partial charge in [-0.3, -0.25) is 19.3 Å². The van der Waals surface area contributed by atoms with Crippen LogP contribution < -0.4 is 10.1 Å². The van der Waals surface area contributed by atoms with Crippen LogP contribution in [0.5, 0.6) is 5.75 Å². The van der Waals surface area contributed by atoms with Crippen LogP contribution in [0.15, 0.2) is 44.1 Å². The molecule has 1 aromatic heterocycles. The van der Waals surface area contributed by atoms with Crippen LogP contribution in [0.25, 0.3) is 6.08 Å². The summed E-state index contributed by atoms with van der Waals surface area (Å²) in [6, 6.07) is 8.53. The number of ether oxygens (including phenoxy) is 1. The number of hydrogen-bond donors (Lipinski definition) is 1. The molecule has 1 N–H and O–H groups in total. The molecule has 0 spiro atoms. The zero-order valence-electron chi connectivity index (χ0n) is 14.5. The van der Waals surface area contributed by atoms with Crippen LogP contribution in [-0.2, 0) is 9.59 Å². The Morgan fingerprint density at radius 2 is 2.07 bits per heavy atom. The molecule has 7 nitrogen and oxygen atoms in total. The van der Waals surface area contributed by atoms with E-state index in [4.69, 9.17) is 9.15 Å². The summed E-state index contributed by atoms with van der Waals surface area (Å²) in [5.74, 6) is 0.138. The lowest BCUT2D eigenvalue weighted by Crippen LogP contribution is -2.36. The van der Waals surface area contributed by atoms with Crippen molar-refractivity contribution in [2.75, 3.05) is 18.5 Å². The van der Waals surface area contributed by atoms with Crippen LogP contribution in [0.3, 0.4) is 0 Å². The highest BCUT2D eigenvalue weighted by molar-refractivity contribution is 14.1. The molecule has 2 aromatic rings. The monoisotopic (exact) mass is 576 g/mol. The van der Waals surface area contributed by atoms with Crippen molar-refractivity contribution < 1.29 is 23.5 Å². The van der Waals surface area contributed by atoms with Gasteiger partial charge in [-0.25, -0.2) is 0 Å². The van der Waals surface area contributed by atoms with E-state index in [-0.39, 0.29) is 11.4 Å². The van der Waals surface area contributed by atoms with E-state index in [1.165, 1.54) is 6.08 Å². The van der Waals surface area contributed by atoms with Gasteiger partial charge in [0.05, 0.1) is 16.0 Å². The van der Waals surface area contributed by atoms with E-state index in [2.05, 4.69) is 21.2 Å². The van der Waals surface area contributed by atoms with Crippen molar-refractivity contribution in [2.45, 2.75) is 6.92 Å². The first-order valence-corrected chi connectivity index (χ1v) is 10.8. The number of carbonyl (C=O) groups excluding carboxylic acids is 3. The van der Waals surface area contributed by atoms with Crippen LogP contribution in [0.2, 0.25) is 0 Å². The summed E-state index contributed by atoms with van der Waals surface area (Å²) in [6.45, 7) is 2.06. The second-order valence-electron chi connectivity index (χ2n) is 5.54. The van der Waals surface area contributed by atoms with Crippen LogP contribution in [0.1, 0.15) is 12.7 Å². The van der Waals surface area contributed by atoms with Gasteiger partial charge in [0.2, 0.25) is 5.91 Å². The molecule has 0 radical (unpaired) electrons. The van der Waals surface area contributed by atoms with E-state index in [0.717, 1.165) is 21.1 Å². The number of halogens is 2. The van der Waals surface area contributed by atoms with Crippen molar-refractivity contribution in [2.24, 2.45) is 0 Å². The van der Waals surface area contributed by atoms with Gasteiger partial charge < -0.3 is 14.5 Å². The number of benzene rings is 1. The molecule has 1 saturated heterocycles. The number of carbonyl (C=O) groups is 3. The number of thioether (sulfide) groups is 1. The molecule has 1 aliphatic rings. The van der Waals surface area contributed by atoms with Crippen LogP contribution in [0, 0.1) is 3.77 Å². The van der Waals surface area contributed by atoms with Crippen LogP contribution >= 0.6 is 50.3 Å². The maximum Gasteiger partial charge on any atom is 0.294 e. The summed E-state index contributed by atoms with van der Waals surface area (Å²) in [5, 5.41) is 2.16. The second-order valence-corrected chi connectivity index (χ2v) is 8.37. The molecular weight excluding hydrogens is 563 g/mol. The second kappa shape index (κ2) is 9.14. The zero-order valence-corrected chi connectivity index (χ0v) is 19.1. The van der Waals surface area contributed by atoms with Crippen molar-refractivity contribution in [3.05, 3.63) is 49.2 Å². The van der Waals surface area contributed by atoms with Gasteiger partial charge in [0, 0.05) is 34.4 Å². The van der Waals surface area contributed by atoms with Gasteiger partial charge in [-0.15, -0.1) is 0 Å². The van der Waals surface area contributed by atoms with E-state index in [0.29, 0.717) is 27.6 Å². The zero-order chi connectivity index (χ0) is 20.3. The smallest absolute Gasteiger partial charge is 0.294 e. The van der Waals surface area contributed by atoms with Gasteiger partial charge >= 0.3 is 0 Å². The first kappa shape index (κ1) is 20.9. The van der Waals surface area contributed by atoms with Gasteiger partial charge in [-0.1, -0.05) is 0 Å². The Labute approximate surface area is 187 Å². The molecule has 3 amide bonds. The van der Waals surface area contributed by atoms with Gasteiger partial charge in [0.1, 0.15) is 18.1 Å². The van der Waals surface area contributed by atoms with Crippen molar-refractivity contribution in [3.63, 3.8) is 0 Å². The lowest BCUT2D eigenvalue weighted by molar-refractivity contribution is -0.127. The standard InChI is InChI=1S/C18H14BrIN2O5S/c1-2-26-11-5-3-10(4-6-11)21-15(23)9-22-17(24)14(28-18(22)25)8-12-7-13(19)16(20)27-12/h3-8H,2,9H2,1H3,(H,21,23)/b14-8-. The predicted molar refractivity (Wildman–Crippen MR) is 118 cm³/mol. The van der Waals surface area contributed by atoms with E-state index in [1.54, 1.807) is 30.3 Å². The van der Waals surface area contributed by atoms with Crippen LogP contribution in [-0.4, -0.2) is 35.1 Å². The summed E-state index contributed by atoms with van der Waals surface area (Å²) in [4.78, 5) is 38.0. The Kier molecular flexibility index (Phi) is 6.83. The van der Waals surface area contributed by atoms with Crippen molar-refractivity contribution >= 4 is 79.1 Å². The molecule has 2 heterocycles. The SMILES string of the molecule is CCOc1ccc(NC(=O)CN2C(=O)S/C(=C\c3cc(Br)c(I)o3)C2=O)cc1. The average Bonchev–Trinajstić information content (AvgIpc) is 3.10. The fourth-order valence-corrected chi connectivity index (χ4v) is 3.88. The maximum absolute atomic E-state index is 12.5. The number of anilines is 1. The minimum absolute atomic E-state index is 0.205. The Hall–Kier alpha value is -1.79. The lowest BCUT2D eigenvalue weighted by atomic mass is 10.3. The minimum atomic E-state index is -0.528. The van der Waals surface area contributed by atoms with Crippen molar-refractivity contribution in [3.8, 4) is 5.75 Å². The quantitative estimate of drug-likeness (QED) is 0.395. The Bertz CT molecular complexity index is 938. The molecule has 0 aliphatic carbocycles. The molecule has 146 valence electrons. The molecule has 1 fully saturated rings. The summed E-state index contributed by atoms with van der Waals surface area (Å²) in [6.07, 6.45) is 1.49. The van der Waals surface area contributed by atoms with E-state index in [9.17, 15) is 14.4 Å². The highest BCUT2D eigenvalue weighted by Gasteiger charge is 2.36. The molecule has 1 aliphatic heterocycles. The third kappa shape index (κ3) is 4.97. The number of hydrogen-bond acceptors (Lipinski definition) is 6. The normalized spacial score (nSPS) is 15.4. The Morgan fingerprint density at radius 1 is 1.36 bits per heavy atom. The number of nitrogens with zero attached hydrogens (tertiary/aromatic N) is 1. The van der Waals surface area contributed by atoms with Gasteiger partial charge in [0.25, 0.3) is 11.1 Å². The van der Waals surface area contributed by atoms with E-state index < -0.39 is 17.1 Å². The molecule has 0 saturated carbocycles. The first-order valence-electron chi connectivity index (χ1n) is 8.10. The summed E-state index contributed by atoms with van der Waals surface area (Å²) in [5.41, 5.74) is 0.547. The first-order chi connectivity index (χ1) is 13.4. The Morgan fingerprint density at radius 3 is 2.68 bits per heavy atom. The number of amides is 3. The maximum atomic E-state index is 12.5. The number of rotatable bonds is 6. The topological polar surface area (TPSA) is 88.8 Å². The average molecular weight is 577 g/mol. The third-order valence-electron chi connectivity index (χ3n) is 3.56. The highest BCUT2D eigenvalue weighted by Crippen LogP contribution is 2.33. The molecule has 0 bridgehead atoms. The largest absolute Gasteiger partial charge is 0.494 e. The van der Waals surface area contributed by atoms with Crippen molar-refractivity contribution in [1.29, 1.82) is 0 Å². The van der Waals surface area contributed by atoms with Gasteiger partial charge in [0.15, 0.2) is 3.77 Å². The third-order valence-corrected chi connectivity index (χ3v) is 6.60. The molecule has 0 atom stereocenters. The summed E-state index contributed by atoms with van der Waals surface area (Å²) < 4.78 is 12.2. The number of nitrogens with one attached hydrogen (secondary N) is 1. The van der Waals surface area contributed by atoms with Gasteiger partial charge in [-0.05, 0) is 64.9 Å². The molecule has 10 heteroatoms. The summed E-state index contributed by atoms with van der Waals surface area (Å²) >= 11 is 6.10. The van der Waals surface area contributed by atoms with E-state index in [1.807, 2.05) is 29.5 Å². The Balaban J connectivity index is 1.64. The predicted octanol–water partition coefficient (Wildman–Crippen LogP) is 4.72. The van der Waals surface area contributed by atoms with Gasteiger partial charge in [-0.2, -0.15) is 0 Å². The molecule has 28 heavy (non-hydrogen) atoms. The molecule has 0 unspecified atom stereocenters. The fraction of sp³-hybridized carbons (Fsp3) is 0.167. The van der Waals surface area contributed by atoms with E-state index >= 15 is 0 Å². The lowest BCUT2D eigenvalue weighted by Gasteiger charge is -2.12. The van der Waals surface area contributed by atoms with Crippen LogP contribution in [0.4, 0.5) is 10.5 Å². The highest BCUT2D eigenvalue weighted by atomic mass is 127. The summed E-state index contributed by atoms with van der Waals surface area (Å²) in [7, 11) is 0. The fourth-order valence-electron chi connectivity index (χ4n) is 2.35.